The number of fused-ring (bicyclic) bond motifs is 1. The van der Waals surface area contributed by atoms with Crippen LogP contribution in [0.5, 0.6) is 5.75 Å². The van der Waals surface area contributed by atoms with Gasteiger partial charge in [-0.15, -0.1) is 0 Å². The summed E-state index contributed by atoms with van der Waals surface area (Å²) < 4.78 is 4.97. The quantitative estimate of drug-likeness (QED) is 0.608. The summed E-state index contributed by atoms with van der Waals surface area (Å²) in [5.41, 5.74) is 0.0579. The minimum atomic E-state index is -0.711. The second-order valence-electron chi connectivity index (χ2n) is 5.35. The van der Waals surface area contributed by atoms with Crippen LogP contribution in [0.1, 0.15) is 36.5 Å². The predicted octanol–water partition coefficient (Wildman–Crippen LogP) is 3.01. The van der Waals surface area contributed by atoms with Gasteiger partial charge in [0.15, 0.2) is 6.61 Å². The van der Waals surface area contributed by atoms with Crippen molar-refractivity contribution in [1.82, 2.24) is 5.32 Å². The summed E-state index contributed by atoms with van der Waals surface area (Å²) in [5, 5.41) is 14.3. The molecule has 0 aliphatic heterocycles. The van der Waals surface area contributed by atoms with Gasteiger partial charge >= 0.3 is 5.97 Å². The van der Waals surface area contributed by atoms with E-state index in [1.807, 2.05) is 24.3 Å². The molecular formula is C18H21NO4. The first-order chi connectivity index (χ1) is 11.1. The van der Waals surface area contributed by atoms with Gasteiger partial charge in [0.05, 0.1) is 0 Å². The molecule has 0 atom stereocenters. The molecule has 0 fully saturated rings. The van der Waals surface area contributed by atoms with Crippen LogP contribution in [0.2, 0.25) is 0 Å². The Morgan fingerprint density at radius 3 is 2.52 bits per heavy atom. The highest BCUT2D eigenvalue weighted by Gasteiger charge is 2.15. The first-order valence-electron chi connectivity index (χ1n) is 7.77. The highest BCUT2D eigenvalue weighted by molar-refractivity contribution is 5.99. The van der Waals surface area contributed by atoms with Crippen LogP contribution in [0.25, 0.3) is 10.8 Å². The second-order valence-corrected chi connectivity index (χ2v) is 5.35. The summed E-state index contributed by atoms with van der Waals surface area (Å²) in [6.07, 6.45) is 3.03. The van der Waals surface area contributed by atoms with Crippen molar-refractivity contribution in [3.8, 4) is 5.75 Å². The van der Waals surface area contributed by atoms with E-state index in [0.29, 0.717) is 6.54 Å². The molecule has 5 heteroatoms. The van der Waals surface area contributed by atoms with Crippen LogP contribution in [0.15, 0.2) is 36.4 Å². The fourth-order valence-electron chi connectivity index (χ4n) is 2.25. The number of esters is 1. The van der Waals surface area contributed by atoms with Gasteiger partial charge in [0.1, 0.15) is 11.3 Å². The van der Waals surface area contributed by atoms with Crippen LogP contribution < -0.4 is 5.32 Å². The number of phenolic OH excluding ortho intramolecular Hbond substituents is 1. The number of aromatic hydroxyl groups is 1. The van der Waals surface area contributed by atoms with Gasteiger partial charge in [-0.2, -0.15) is 0 Å². The third kappa shape index (κ3) is 4.71. The fraction of sp³-hybridized carbons (Fsp3) is 0.333. The Morgan fingerprint density at radius 2 is 1.83 bits per heavy atom. The Bertz CT molecular complexity index is 696. The number of rotatable bonds is 7. The Kier molecular flexibility index (Phi) is 5.97. The number of carbonyl (C=O) groups excluding carboxylic acids is 2. The van der Waals surface area contributed by atoms with Gasteiger partial charge in [-0.1, -0.05) is 44.0 Å². The molecule has 0 bridgehead atoms. The van der Waals surface area contributed by atoms with Crippen LogP contribution in [0, 0.1) is 0 Å². The van der Waals surface area contributed by atoms with E-state index in [1.54, 1.807) is 6.07 Å². The highest BCUT2D eigenvalue weighted by atomic mass is 16.5. The van der Waals surface area contributed by atoms with E-state index in [2.05, 4.69) is 12.2 Å². The van der Waals surface area contributed by atoms with Crippen molar-refractivity contribution in [3.05, 3.63) is 42.0 Å². The number of phenols is 1. The van der Waals surface area contributed by atoms with E-state index < -0.39 is 5.97 Å². The summed E-state index contributed by atoms with van der Waals surface area (Å²) in [6, 6.07) is 10.4. The van der Waals surface area contributed by atoms with Crippen molar-refractivity contribution in [2.45, 2.75) is 26.2 Å². The maximum absolute atomic E-state index is 12.0. The molecular weight excluding hydrogens is 294 g/mol. The number of ether oxygens (including phenoxy) is 1. The molecule has 0 spiro atoms. The predicted molar refractivity (Wildman–Crippen MR) is 88.4 cm³/mol. The van der Waals surface area contributed by atoms with Crippen molar-refractivity contribution in [2.24, 2.45) is 0 Å². The zero-order valence-corrected chi connectivity index (χ0v) is 13.2. The minimum absolute atomic E-state index is 0.0579. The first-order valence-corrected chi connectivity index (χ1v) is 7.77. The molecule has 0 aliphatic rings. The van der Waals surface area contributed by atoms with E-state index in [9.17, 15) is 14.7 Å². The summed E-state index contributed by atoms with van der Waals surface area (Å²) in [4.78, 5) is 23.6. The number of amides is 1. The Hall–Kier alpha value is -2.56. The molecule has 5 nitrogen and oxygen atoms in total. The first kappa shape index (κ1) is 16.8. The topological polar surface area (TPSA) is 75.6 Å². The van der Waals surface area contributed by atoms with E-state index in [-0.39, 0.29) is 23.8 Å². The van der Waals surface area contributed by atoms with Crippen molar-refractivity contribution >= 4 is 22.6 Å². The molecule has 122 valence electrons. The monoisotopic (exact) mass is 315 g/mol. The van der Waals surface area contributed by atoms with Crippen LogP contribution in [0.4, 0.5) is 0 Å². The second kappa shape index (κ2) is 8.17. The lowest BCUT2D eigenvalue weighted by Gasteiger charge is -2.08. The summed E-state index contributed by atoms with van der Waals surface area (Å²) in [5.74, 6) is -1.20. The molecule has 0 saturated heterocycles. The normalized spacial score (nSPS) is 10.5. The average Bonchev–Trinajstić information content (AvgIpc) is 2.56. The number of hydrogen-bond acceptors (Lipinski definition) is 4. The molecule has 2 aromatic rings. The molecule has 23 heavy (non-hydrogen) atoms. The van der Waals surface area contributed by atoms with Crippen LogP contribution in [-0.2, 0) is 9.53 Å². The molecule has 0 radical (unpaired) electrons. The molecule has 0 saturated carbocycles. The molecule has 2 rings (SSSR count). The fourth-order valence-corrected chi connectivity index (χ4v) is 2.25. The zero-order valence-electron chi connectivity index (χ0n) is 13.2. The van der Waals surface area contributed by atoms with Gasteiger partial charge in [-0.25, -0.2) is 4.79 Å². The SMILES string of the molecule is CCCCCNC(=O)COC(=O)c1cc2ccccc2cc1O. The number of benzene rings is 2. The summed E-state index contributed by atoms with van der Waals surface area (Å²) in [6.45, 7) is 2.31. The molecule has 0 heterocycles. The van der Waals surface area contributed by atoms with E-state index in [1.165, 1.54) is 6.07 Å². The Morgan fingerprint density at radius 1 is 1.13 bits per heavy atom. The Labute approximate surface area is 135 Å². The standard InChI is InChI=1S/C18H21NO4/c1-2-3-6-9-19-17(21)12-23-18(22)15-10-13-7-4-5-8-14(13)11-16(15)20/h4-5,7-8,10-11,20H,2-3,6,9,12H2,1H3,(H,19,21). The largest absolute Gasteiger partial charge is 0.507 e. The molecule has 2 aromatic carbocycles. The lowest BCUT2D eigenvalue weighted by molar-refractivity contribution is -0.124. The minimum Gasteiger partial charge on any atom is -0.507 e. The summed E-state index contributed by atoms with van der Waals surface area (Å²) in [7, 11) is 0. The molecule has 0 unspecified atom stereocenters. The van der Waals surface area contributed by atoms with Gasteiger partial charge in [-0.05, 0) is 29.3 Å². The maximum atomic E-state index is 12.0. The number of hydrogen-bond donors (Lipinski definition) is 2. The van der Waals surface area contributed by atoms with Gasteiger partial charge in [-0.3, -0.25) is 4.79 Å². The Balaban J connectivity index is 1.93. The van der Waals surface area contributed by atoms with Crippen molar-refractivity contribution in [2.75, 3.05) is 13.2 Å². The number of unbranched alkanes of at least 4 members (excludes halogenated alkanes) is 2. The number of carbonyl (C=O) groups is 2. The van der Waals surface area contributed by atoms with E-state index >= 15 is 0 Å². The van der Waals surface area contributed by atoms with Gasteiger partial charge in [0, 0.05) is 6.54 Å². The maximum Gasteiger partial charge on any atom is 0.342 e. The lowest BCUT2D eigenvalue weighted by atomic mass is 10.1. The van der Waals surface area contributed by atoms with Crippen molar-refractivity contribution in [3.63, 3.8) is 0 Å². The third-order valence-electron chi connectivity index (χ3n) is 3.52. The molecule has 1 amide bonds. The van der Waals surface area contributed by atoms with Crippen LogP contribution >= 0.6 is 0 Å². The highest BCUT2D eigenvalue weighted by Crippen LogP contribution is 2.25. The molecule has 0 aliphatic carbocycles. The number of nitrogens with one attached hydrogen (secondary N) is 1. The third-order valence-corrected chi connectivity index (χ3v) is 3.52. The summed E-state index contributed by atoms with van der Waals surface area (Å²) >= 11 is 0. The zero-order chi connectivity index (χ0) is 16.7. The van der Waals surface area contributed by atoms with Crippen LogP contribution in [0.3, 0.4) is 0 Å². The van der Waals surface area contributed by atoms with Crippen molar-refractivity contribution in [1.29, 1.82) is 0 Å². The van der Waals surface area contributed by atoms with Gasteiger partial charge in [0.25, 0.3) is 5.91 Å². The molecule has 2 N–H and O–H groups in total. The average molecular weight is 315 g/mol. The molecule has 0 aromatic heterocycles. The smallest absolute Gasteiger partial charge is 0.342 e. The van der Waals surface area contributed by atoms with E-state index in [4.69, 9.17) is 4.74 Å². The van der Waals surface area contributed by atoms with Gasteiger partial charge in [0.2, 0.25) is 0 Å². The van der Waals surface area contributed by atoms with Crippen LogP contribution in [-0.4, -0.2) is 30.1 Å². The lowest BCUT2D eigenvalue weighted by Crippen LogP contribution is -2.29. The van der Waals surface area contributed by atoms with E-state index in [0.717, 1.165) is 30.0 Å². The van der Waals surface area contributed by atoms with Crippen molar-refractivity contribution < 1.29 is 19.4 Å². The van der Waals surface area contributed by atoms with Gasteiger partial charge < -0.3 is 15.2 Å².